The topological polar surface area (TPSA) is 49.7 Å². The molecule has 0 rings (SSSR count). The summed E-state index contributed by atoms with van der Waals surface area (Å²) in [6.07, 6.45) is -13.8. The molecule has 0 aromatic carbocycles. The first-order chi connectivity index (χ1) is 13.0. The average molecular weight is 502 g/mol. The van der Waals surface area contributed by atoms with Crippen LogP contribution in [0.3, 0.4) is 0 Å². The van der Waals surface area contributed by atoms with Crippen LogP contribution in [0.25, 0.3) is 0 Å². The van der Waals surface area contributed by atoms with E-state index in [1.165, 1.54) is 0 Å². The van der Waals surface area contributed by atoms with Crippen molar-refractivity contribution in [1.82, 2.24) is 0 Å². The maximum absolute atomic E-state index is 13.4. The van der Waals surface area contributed by atoms with E-state index in [1.807, 2.05) is 0 Å². The molecule has 0 bridgehead atoms. The second-order valence-electron chi connectivity index (χ2n) is 5.48. The first-order valence-corrected chi connectivity index (χ1v) is 6.59. The zero-order valence-electron chi connectivity index (χ0n) is 13.8. The van der Waals surface area contributed by atoms with Gasteiger partial charge in [0, 0.05) is 0 Å². The first kappa shape index (κ1) is 29.1. The molecule has 0 aromatic rings. The van der Waals surface area contributed by atoms with Crippen molar-refractivity contribution < 1.29 is 85.2 Å². The molecule has 0 aliphatic carbocycles. The van der Waals surface area contributed by atoms with E-state index < -0.39 is 59.3 Å². The number of hydrogen-bond acceptors (Lipinski definition) is 3. The molecule has 0 spiro atoms. The van der Waals surface area contributed by atoms with Gasteiger partial charge in [-0.15, -0.1) is 0 Å². The fourth-order valence-electron chi connectivity index (χ4n) is 1.40. The SMILES string of the molecule is C=C(OC(=C)C(F)(F)C(F)(F)C(F)(F)C(O)(F)F)C(F)(F)C(F)(F)C(F)(F)C(O)(F)F. The van der Waals surface area contributed by atoms with Crippen LogP contribution in [0.2, 0.25) is 0 Å². The van der Waals surface area contributed by atoms with Crippen LogP contribution in [0.1, 0.15) is 0 Å². The molecule has 0 aromatic heterocycles. The van der Waals surface area contributed by atoms with E-state index in [0.717, 1.165) is 0 Å². The normalized spacial score (nSPS) is 15.7. The van der Waals surface area contributed by atoms with Crippen LogP contribution in [0, 0.1) is 0 Å². The quantitative estimate of drug-likeness (QED) is 0.326. The lowest BCUT2D eigenvalue weighted by molar-refractivity contribution is -0.417. The number of alkyl halides is 16. The molecule has 0 unspecified atom stereocenters. The summed E-state index contributed by atoms with van der Waals surface area (Å²) in [4.78, 5) is 0. The molecule has 0 aliphatic heterocycles. The van der Waals surface area contributed by atoms with Gasteiger partial charge in [0.1, 0.15) is 0 Å². The summed E-state index contributed by atoms with van der Waals surface area (Å²) in [5.74, 6) is -50.6. The van der Waals surface area contributed by atoms with Crippen LogP contribution in [-0.4, -0.2) is 58.0 Å². The van der Waals surface area contributed by atoms with Crippen molar-refractivity contribution in [2.24, 2.45) is 0 Å². The molecule has 0 saturated carbocycles. The third kappa shape index (κ3) is 4.12. The summed E-state index contributed by atoms with van der Waals surface area (Å²) in [5.41, 5.74) is 0. The number of halogens is 16. The van der Waals surface area contributed by atoms with E-state index in [9.17, 15) is 70.2 Å². The highest BCUT2D eigenvalue weighted by Gasteiger charge is 2.84. The lowest BCUT2D eigenvalue weighted by Crippen LogP contribution is -2.63. The molecule has 19 heteroatoms. The van der Waals surface area contributed by atoms with Gasteiger partial charge < -0.3 is 14.9 Å². The Hall–Kier alpha value is -1.92. The van der Waals surface area contributed by atoms with Crippen molar-refractivity contribution in [2.45, 2.75) is 47.8 Å². The predicted octanol–water partition coefficient (Wildman–Crippen LogP) is 5.01. The highest BCUT2D eigenvalue weighted by atomic mass is 19.4. The van der Waals surface area contributed by atoms with Gasteiger partial charge in [-0.05, 0) is 0 Å². The Morgan fingerprint density at radius 2 is 0.645 bits per heavy atom. The minimum atomic E-state index is -7.46. The molecule has 0 radical (unpaired) electrons. The molecule has 0 atom stereocenters. The Morgan fingerprint density at radius 3 is 0.806 bits per heavy atom. The minimum Gasteiger partial charge on any atom is -0.454 e. The molecule has 0 fully saturated rings. The molecular formula is C12H6F16O3. The molecule has 0 saturated heterocycles. The summed E-state index contributed by atoms with van der Waals surface area (Å²) in [6, 6.07) is 0. The van der Waals surface area contributed by atoms with Crippen LogP contribution in [0.4, 0.5) is 70.2 Å². The lowest BCUT2D eigenvalue weighted by atomic mass is 10.0. The van der Waals surface area contributed by atoms with E-state index in [2.05, 4.69) is 4.74 Å². The summed E-state index contributed by atoms with van der Waals surface area (Å²) in [7, 11) is 0. The zero-order valence-corrected chi connectivity index (χ0v) is 13.8. The van der Waals surface area contributed by atoms with Crippen molar-refractivity contribution in [3.63, 3.8) is 0 Å². The molecule has 31 heavy (non-hydrogen) atoms. The number of rotatable bonds is 10. The maximum Gasteiger partial charge on any atom is 0.423 e. The average Bonchev–Trinajstić information content (AvgIpc) is 2.51. The third-order valence-corrected chi connectivity index (χ3v) is 3.28. The van der Waals surface area contributed by atoms with Crippen LogP contribution >= 0.6 is 0 Å². The van der Waals surface area contributed by atoms with E-state index in [1.54, 1.807) is 13.2 Å². The molecule has 0 aliphatic rings. The van der Waals surface area contributed by atoms with Gasteiger partial charge in [0.15, 0.2) is 11.5 Å². The Balaban J connectivity index is 6.12. The molecule has 0 heterocycles. The van der Waals surface area contributed by atoms with Crippen LogP contribution in [-0.2, 0) is 4.74 Å². The largest absolute Gasteiger partial charge is 0.454 e. The Morgan fingerprint density at radius 1 is 0.452 bits per heavy atom. The third-order valence-electron chi connectivity index (χ3n) is 3.28. The molecule has 0 amide bonds. The van der Waals surface area contributed by atoms with Crippen LogP contribution in [0.5, 0.6) is 0 Å². The number of aliphatic hydroxyl groups is 2. The van der Waals surface area contributed by atoms with Gasteiger partial charge in [0.2, 0.25) is 0 Å². The first-order valence-electron chi connectivity index (χ1n) is 6.59. The van der Waals surface area contributed by atoms with Gasteiger partial charge in [-0.25, -0.2) is 0 Å². The van der Waals surface area contributed by atoms with Gasteiger partial charge in [-0.2, -0.15) is 70.2 Å². The summed E-state index contributed by atoms with van der Waals surface area (Å²) in [5, 5.41) is 15.3. The van der Waals surface area contributed by atoms with Gasteiger partial charge in [0.05, 0.1) is 0 Å². The van der Waals surface area contributed by atoms with Crippen molar-refractivity contribution in [3.05, 3.63) is 24.7 Å². The Labute approximate surface area is 159 Å². The molecule has 184 valence electrons. The highest BCUT2D eigenvalue weighted by Crippen LogP contribution is 2.56. The van der Waals surface area contributed by atoms with E-state index >= 15 is 0 Å². The summed E-state index contributed by atoms with van der Waals surface area (Å²) in [6.45, 7) is 3.20. The van der Waals surface area contributed by atoms with Crippen LogP contribution in [0.15, 0.2) is 24.7 Å². The van der Waals surface area contributed by atoms with Crippen molar-refractivity contribution >= 4 is 0 Å². The van der Waals surface area contributed by atoms with Crippen molar-refractivity contribution in [1.29, 1.82) is 0 Å². The van der Waals surface area contributed by atoms with Crippen molar-refractivity contribution in [2.75, 3.05) is 0 Å². The maximum atomic E-state index is 13.4. The zero-order chi connectivity index (χ0) is 25.9. The minimum absolute atomic E-state index is 1.60. The Bertz CT molecular complexity index is 654. The molecular weight excluding hydrogens is 496 g/mol. The Kier molecular flexibility index (Phi) is 6.86. The van der Waals surface area contributed by atoms with Crippen LogP contribution < -0.4 is 0 Å². The van der Waals surface area contributed by atoms with Gasteiger partial charge >= 0.3 is 47.8 Å². The molecule has 2 N–H and O–H groups in total. The summed E-state index contributed by atoms with van der Waals surface area (Å²) < 4.78 is 209. The lowest BCUT2D eigenvalue weighted by Gasteiger charge is -2.37. The highest BCUT2D eigenvalue weighted by molar-refractivity contribution is 5.19. The summed E-state index contributed by atoms with van der Waals surface area (Å²) >= 11 is 0. The van der Waals surface area contributed by atoms with E-state index in [0.29, 0.717) is 0 Å². The number of ether oxygens (including phenoxy) is 1. The van der Waals surface area contributed by atoms with Gasteiger partial charge in [0.25, 0.3) is 0 Å². The smallest absolute Gasteiger partial charge is 0.423 e. The second kappa shape index (κ2) is 7.31. The predicted molar refractivity (Wildman–Crippen MR) is 63.4 cm³/mol. The van der Waals surface area contributed by atoms with E-state index in [-0.39, 0.29) is 0 Å². The fourth-order valence-corrected chi connectivity index (χ4v) is 1.40. The van der Waals surface area contributed by atoms with Gasteiger partial charge in [-0.3, -0.25) is 0 Å². The van der Waals surface area contributed by atoms with Crippen molar-refractivity contribution in [3.8, 4) is 0 Å². The van der Waals surface area contributed by atoms with E-state index in [4.69, 9.17) is 10.2 Å². The number of hydrogen-bond donors (Lipinski definition) is 2. The fraction of sp³-hybridized carbons (Fsp3) is 0.667. The molecule has 3 nitrogen and oxygen atoms in total. The standard InChI is InChI=1S/C12H6F16O3/c1-3(5(13,14)7(17,18)9(21,22)11(25,26)29)31-4(2)6(15,16)8(19,20)10(23,24)12(27,28)30/h29-30H,1-2H2. The number of allylic oxidation sites excluding steroid dienone is 2. The second-order valence-corrected chi connectivity index (χ2v) is 5.48. The monoisotopic (exact) mass is 502 g/mol. The van der Waals surface area contributed by atoms with Gasteiger partial charge in [-0.1, -0.05) is 13.2 Å².